The highest BCUT2D eigenvalue weighted by molar-refractivity contribution is 5.98. The number of hydrogen-bond donors (Lipinski definition) is 0. The van der Waals surface area contributed by atoms with Crippen molar-refractivity contribution >= 4 is 12.1 Å². The molecule has 0 saturated heterocycles. The highest BCUT2D eigenvalue weighted by Gasteiger charge is 1.99. The van der Waals surface area contributed by atoms with Crippen LogP contribution in [0.4, 0.5) is 0 Å². The van der Waals surface area contributed by atoms with E-state index in [0.29, 0.717) is 18.8 Å². The molecule has 1 rings (SSSR count). The van der Waals surface area contributed by atoms with E-state index in [1.54, 1.807) is 12.1 Å². The summed E-state index contributed by atoms with van der Waals surface area (Å²) in [6, 6.07) is 8.96. The maximum atomic E-state index is 11.4. The Morgan fingerprint density at radius 3 is 2.79 bits per heavy atom. The van der Waals surface area contributed by atoms with Crippen LogP contribution in [0.15, 0.2) is 35.3 Å². The first kappa shape index (κ1) is 10.6. The Kier molecular flexibility index (Phi) is 4.58. The number of aliphatic imine (C=N–C) groups is 1. The van der Waals surface area contributed by atoms with Gasteiger partial charge in [0, 0.05) is 18.4 Å². The molecule has 0 N–H and O–H groups in total. The number of hydrogen-bond acceptors (Lipinski definition) is 2. The Bertz CT molecular complexity index is 306. The van der Waals surface area contributed by atoms with E-state index >= 15 is 0 Å². The van der Waals surface area contributed by atoms with E-state index in [-0.39, 0.29) is 5.91 Å². The van der Waals surface area contributed by atoms with Gasteiger partial charge in [0.2, 0.25) is 0 Å². The van der Waals surface area contributed by atoms with Crippen LogP contribution >= 0.6 is 0 Å². The molecule has 1 aromatic carbocycles. The largest absolute Gasteiger partial charge is 0.376 e. The topological polar surface area (TPSA) is 38.7 Å². The maximum Gasteiger partial charge on any atom is 0.276 e. The molecule has 14 heavy (non-hydrogen) atoms. The van der Waals surface area contributed by atoms with Crippen molar-refractivity contribution in [1.29, 1.82) is 0 Å². The first-order chi connectivity index (χ1) is 6.84. The zero-order valence-electron chi connectivity index (χ0n) is 8.14. The molecule has 0 aromatic heterocycles. The van der Waals surface area contributed by atoms with Crippen molar-refractivity contribution in [2.75, 3.05) is 13.2 Å². The first-order valence-corrected chi connectivity index (χ1v) is 4.54. The summed E-state index contributed by atoms with van der Waals surface area (Å²) >= 11 is 0. The summed E-state index contributed by atoms with van der Waals surface area (Å²) < 4.78 is 5.02. The van der Waals surface area contributed by atoms with Crippen LogP contribution < -0.4 is 0 Å². The number of nitrogens with zero attached hydrogens (tertiary/aromatic N) is 1. The second-order valence-corrected chi connectivity index (χ2v) is 2.64. The van der Waals surface area contributed by atoms with Gasteiger partial charge in [-0.1, -0.05) is 18.2 Å². The van der Waals surface area contributed by atoms with Gasteiger partial charge in [-0.05, 0) is 19.1 Å². The van der Waals surface area contributed by atoms with Crippen LogP contribution in [0.1, 0.15) is 17.3 Å². The minimum Gasteiger partial charge on any atom is -0.376 e. The van der Waals surface area contributed by atoms with Gasteiger partial charge in [0.15, 0.2) is 0 Å². The van der Waals surface area contributed by atoms with Gasteiger partial charge in [-0.3, -0.25) is 4.79 Å². The fourth-order valence-electron chi connectivity index (χ4n) is 0.946. The highest BCUT2D eigenvalue weighted by atomic mass is 16.5. The second kappa shape index (κ2) is 6.05. The average Bonchev–Trinajstić information content (AvgIpc) is 2.25. The minimum absolute atomic E-state index is 0.231. The number of carbonyl (C=O) groups is 1. The highest BCUT2D eigenvalue weighted by Crippen LogP contribution is 1.99. The van der Waals surface area contributed by atoms with Gasteiger partial charge < -0.3 is 4.74 Å². The lowest BCUT2D eigenvalue weighted by Crippen LogP contribution is -1.99. The third kappa shape index (κ3) is 3.49. The molecule has 0 aliphatic carbocycles. The third-order valence-electron chi connectivity index (χ3n) is 1.63. The quantitative estimate of drug-likeness (QED) is 0.538. The summed E-state index contributed by atoms with van der Waals surface area (Å²) in [6.45, 7) is 2.91. The fourth-order valence-corrected chi connectivity index (χ4v) is 0.946. The Labute approximate surface area is 83.4 Å². The third-order valence-corrected chi connectivity index (χ3v) is 1.63. The molecule has 0 spiro atoms. The lowest BCUT2D eigenvalue weighted by Gasteiger charge is -1.94. The van der Waals surface area contributed by atoms with Crippen LogP contribution in [0.3, 0.4) is 0 Å². The molecule has 0 radical (unpaired) electrons. The molecule has 0 saturated carbocycles. The van der Waals surface area contributed by atoms with E-state index in [1.807, 2.05) is 25.1 Å². The molecule has 74 valence electrons. The molecule has 3 heteroatoms. The van der Waals surface area contributed by atoms with Crippen molar-refractivity contribution in [1.82, 2.24) is 0 Å². The van der Waals surface area contributed by atoms with E-state index < -0.39 is 0 Å². The van der Waals surface area contributed by atoms with Crippen molar-refractivity contribution in [2.24, 2.45) is 4.99 Å². The van der Waals surface area contributed by atoms with Crippen LogP contribution in [-0.2, 0) is 4.74 Å². The molecular weight excluding hydrogens is 178 g/mol. The number of carbonyl (C=O) groups excluding carboxylic acids is 1. The van der Waals surface area contributed by atoms with Crippen molar-refractivity contribution < 1.29 is 9.53 Å². The number of rotatable bonds is 4. The molecule has 0 aliphatic heterocycles. The van der Waals surface area contributed by atoms with E-state index in [0.717, 1.165) is 0 Å². The minimum atomic E-state index is -0.231. The predicted molar refractivity (Wildman–Crippen MR) is 55.8 cm³/mol. The molecule has 1 aromatic rings. The fraction of sp³-hybridized carbons (Fsp3) is 0.273. The molecule has 0 aliphatic rings. The lowest BCUT2D eigenvalue weighted by atomic mass is 10.2. The number of ether oxygens (including phenoxy) is 1. The van der Waals surface area contributed by atoms with Crippen LogP contribution in [0.25, 0.3) is 0 Å². The normalized spacial score (nSPS) is 10.6. The Hall–Kier alpha value is -1.48. The molecule has 3 nitrogen and oxygen atoms in total. The molecule has 0 heterocycles. The average molecular weight is 191 g/mol. The summed E-state index contributed by atoms with van der Waals surface area (Å²) in [5.41, 5.74) is 0.597. The van der Waals surface area contributed by atoms with Gasteiger partial charge in [0.25, 0.3) is 5.91 Å². The molecule has 0 unspecified atom stereocenters. The first-order valence-electron chi connectivity index (χ1n) is 4.54. The van der Waals surface area contributed by atoms with Crippen LogP contribution in [0.2, 0.25) is 0 Å². The van der Waals surface area contributed by atoms with Gasteiger partial charge in [-0.25, -0.2) is 4.99 Å². The van der Waals surface area contributed by atoms with Crippen molar-refractivity contribution in [2.45, 2.75) is 6.92 Å². The molecular formula is C11H13NO2. The molecule has 0 fully saturated rings. The van der Waals surface area contributed by atoms with Gasteiger partial charge in [-0.15, -0.1) is 0 Å². The van der Waals surface area contributed by atoms with Crippen LogP contribution in [0, 0.1) is 0 Å². The smallest absolute Gasteiger partial charge is 0.276 e. The number of benzene rings is 1. The SMILES string of the molecule is CCOCC=NC(=O)c1ccccc1. The maximum absolute atomic E-state index is 11.4. The summed E-state index contributed by atoms with van der Waals surface area (Å²) in [4.78, 5) is 15.1. The molecule has 0 bridgehead atoms. The zero-order valence-corrected chi connectivity index (χ0v) is 8.14. The Morgan fingerprint density at radius 1 is 1.43 bits per heavy atom. The van der Waals surface area contributed by atoms with Crippen LogP contribution in [-0.4, -0.2) is 25.3 Å². The van der Waals surface area contributed by atoms with Crippen molar-refractivity contribution in [3.63, 3.8) is 0 Å². The second-order valence-electron chi connectivity index (χ2n) is 2.64. The van der Waals surface area contributed by atoms with E-state index in [1.165, 1.54) is 6.21 Å². The molecule has 0 atom stereocenters. The summed E-state index contributed by atoms with van der Waals surface area (Å²) in [5.74, 6) is -0.231. The van der Waals surface area contributed by atoms with Gasteiger partial charge in [-0.2, -0.15) is 0 Å². The van der Waals surface area contributed by atoms with E-state index in [4.69, 9.17) is 4.74 Å². The Morgan fingerprint density at radius 2 is 2.14 bits per heavy atom. The van der Waals surface area contributed by atoms with Gasteiger partial charge in [0.1, 0.15) is 0 Å². The van der Waals surface area contributed by atoms with Crippen molar-refractivity contribution in [3.8, 4) is 0 Å². The monoisotopic (exact) mass is 191 g/mol. The summed E-state index contributed by atoms with van der Waals surface area (Å²) in [5, 5.41) is 0. The lowest BCUT2D eigenvalue weighted by molar-refractivity contribution is 0.100. The summed E-state index contributed by atoms with van der Waals surface area (Å²) in [7, 11) is 0. The number of amides is 1. The zero-order chi connectivity index (χ0) is 10.2. The van der Waals surface area contributed by atoms with E-state index in [2.05, 4.69) is 4.99 Å². The van der Waals surface area contributed by atoms with Crippen LogP contribution in [0.5, 0.6) is 0 Å². The molecule has 1 amide bonds. The summed E-state index contributed by atoms with van der Waals surface area (Å²) in [6.07, 6.45) is 1.48. The predicted octanol–water partition coefficient (Wildman–Crippen LogP) is 1.93. The Balaban J connectivity index is 2.47. The van der Waals surface area contributed by atoms with Gasteiger partial charge in [0.05, 0.1) is 6.61 Å². The van der Waals surface area contributed by atoms with E-state index in [9.17, 15) is 4.79 Å². The van der Waals surface area contributed by atoms with Gasteiger partial charge >= 0.3 is 0 Å². The standard InChI is InChI=1S/C11H13NO2/c1-2-14-9-8-12-11(13)10-6-4-3-5-7-10/h3-8H,2,9H2,1H3. The van der Waals surface area contributed by atoms with Crippen molar-refractivity contribution in [3.05, 3.63) is 35.9 Å².